The van der Waals surface area contributed by atoms with Crippen molar-refractivity contribution in [1.29, 1.82) is 0 Å². The van der Waals surface area contributed by atoms with Gasteiger partial charge >= 0.3 is 0 Å². The highest BCUT2D eigenvalue weighted by Gasteiger charge is 2.18. The molecule has 1 aliphatic heterocycles. The van der Waals surface area contributed by atoms with Gasteiger partial charge in [0.1, 0.15) is 17.7 Å². The Kier molecular flexibility index (Phi) is 6.29. The summed E-state index contributed by atoms with van der Waals surface area (Å²) in [4.78, 5) is 6.47. The third-order valence-corrected chi connectivity index (χ3v) is 6.60. The number of aromatic nitrogens is 2. The van der Waals surface area contributed by atoms with Crippen molar-refractivity contribution in [2.24, 2.45) is 0 Å². The van der Waals surface area contributed by atoms with Gasteiger partial charge < -0.3 is 15.5 Å². The number of nitrogens with one attached hydrogen (secondary N) is 2. The molecule has 0 radical (unpaired) electrons. The minimum Gasteiger partial charge on any atom is -0.370 e. The number of benzene rings is 3. The van der Waals surface area contributed by atoms with Crippen LogP contribution in [0.5, 0.6) is 0 Å². The van der Waals surface area contributed by atoms with Gasteiger partial charge in [-0.2, -0.15) is 0 Å². The summed E-state index contributed by atoms with van der Waals surface area (Å²) in [5, 5.41) is 6.39. The Hall–Kier alpha value is -4.76. The Bertz CT molecular complexity index is 1620. The van der Waals surface area contributed by atoms with Crippen molar-refractivity contribution in [2.45, 2.75) is 19.9 Å². The number of nitrogens with zero attached hydrogens (tertiary/aromatic N) is 3. The smallest absolute Gasteiger partial charge is 0.151 e. The lowest BCUT2D eigenvalue weighted by atomic mass is 10.0. The molecule has 5 nitrogen and oxygen atoms in total. The quantitative estimate of drug-likeness (QED) is 0.225. The summed E-state index contributed by atoms with van der Waals surface area (Å²) < 4.78 is 17.2. The van der Waals surface area contributed by atoms with Gasteiger partial charge in [-0.1, -0.05) is 38.1 Å². The van der Waals surface area contributed by atoms with Gasteiger partial charge in [-0.3, -0.25) is 4.57 Å². The zero-order valence-corrected chi connectivity index (χ0v) is 21.0. The van der Waals surface area contributed by atoms with E-state index >= 15 is 4.39 Å². The lowest BCUT2D eigenvalue weighted by molar-refractivity contribution is 0.472. The fourth-order valence-corrected chi connectivity index (χ4v) is 4.77. The first kappa shape index (κ1) is 24.0. The summed E-state index contributed by atoms with van der Waals surface area (Å²) >= 11 is 0. The molecule has 2 N–H and O–H groups in total. The van der Waals surface area contributed by atoms with Crippen molar-refractivity contribution in [2.75, 3.05) is 17.7 Å². The predicted octanol–water partition coefficient (Wildman–Crippen LogP) is 6.68. The Morgan fingerprint density at radius 1 is 1.14 bits per heavy atom. The molecule has 37 heavy (non-hydrogen) atoms. The van der Waals surface area contributed by atoms with E-state index in [1.807, 2.05) is 48.0 Å². The van der Waals surface area contributed by atoms with Crippen LogP contribution < -0.4 is 10.6 Å². The molecule has 5 rings (SSSR count). The molecule has 0 unspecified atom stereocenters. The highest BCUT2D eigenvalue weighted by Crippen LogP contribution is 2.34. The summed E-state index contributed by atoms with van der Waals surface area (Å²) in [6.45, 7) is 10.6. The number of fused-ring (bicyclic) bond motifs is 2. The van der Waals surface area contributed by atoms with Crippen molar-refractivity contribution < 1.29 is 4.39 Å². The molecule has 1 aliphatic rings. The SMILES string of the molecule is C#Cc1ccc(CN(C)/C(=C\C=C)c2cc(F)c3ncn(-c4ccc5c(c4)NC(=C)N5)c3c2)c(CC)c1. The molecule has 0 atom stereocenters. The van der Waals surface area contributed by atoms with Gasteiger partial charge in [0, 0.05) is 36.1 Å². The molecule has 0 fully saturated rings. The van der Waals surface area contributed by atoms with Gasteiger partial charge in [0.15, 0.2) is 5.82 Å². The van der Waals surface area contributed by atoms with Crippen LogP contribution in [0, 0.1) is 18.2 Å². The van der Waals surface area contributed by atoms with Crippen LogP contribution in [-0.4, -0.2) is 21.5 Å². The van der Waals surface area contributed by atoms with E-state index in [-0.39, 0.29) is 5.82 Å². The highest BCUT2D eigenvalue weighted by molar-refractivity contribution is 5.85. The van der Waals surface area contributed by atoms with Crippen LogP contribution in [0.1, 0.15) is 29.2 Å². The van der Waals surface area contributed by atoms with E-state index in [1.54, 1.807) is 12.4 Å². The second-order valence-corrected chi connectivity index (χ2v) is 9.02. The Labute approximate surface area is 216 Å². The summed E-state index contributed by atoms with van der Waals surface area (Å²) in [6.07, 6.45) is 11.7. The zero-order valence-electron chi connectivity index (χ0n) is 21.0. The molecule has 0 aliphatic carbocycles. The number of hydrogen-bond donors (Lipinski definition) is 2. The van der Waals surface area contributed by atoms with E-state index < -0.39 is 0 Å². The molecule has 184 valence electrons. The third kappa shape index (κ3) is 4.48. The molecule has 0 spiro atoms. The second-order valence-electron chi connectivity index (χ2n) is 9.02. The summed E-state index contributed by atoms with van der Waals surface area (Å²) in [7, 11) is 2.00. The standard InChI is InChI=1S/C31H28FN5/c1-6-9-29(36(5)18-23-11-10-21(7-2)14-22(23)8-3)24-15-26(32)31-30(16-24)37(19-33-31)25-12-13-27-28(17-25)35-20(4)34-27/h2,6,9-17,19,34-35H,1,4,8,18H2,3,5H3/b29-9-. The first-order valence-corrected chi connectivity index (χ1v) is 12.1. The molecule has 0 saturated carbocycles. The number of rotatable bonds is 7. The first-order valence-electron chi connectivity index (χ1n) is 12.1. The van der Waals surface area contributed by atoms with Crippen LogP contribution in [0.2, 0.25) is 0 Å². The van der Waals surface area contributed by atoms with Gasteiger partial charge in [-0.25, -0.2) is 9.37 Å². The number of terminal acetylenes is 1. The van der Waals surface area contributed by atoms with Crippen LogP contribution in [0.15, 0.2) is 86.0 Å². The number of anilines is 2. The largest absolute Gasteiger partial charge is 0.370 e. The van der Waals surface area contributed by atoms with Crippen molar-refractivity contribution in [3.63, 3.8) is 0 Å². The van der Waals surface area contributed by atoms with Crippen LogP contribution in [0.3, 0.4) is 0 Å². The Morgan fingerprint density at radius 2 is 1.95 bits per heavy atom. The number of halogens is 1. The van der Waals surface area contributed by atoms with E-state index in [2.05, 4.69) is 58.7 Å². The van der Waals surface area contributed by atoms with E-state index in [9.17, 15) is 0 Å². The molecule has 0 saturated heterocycles. The van der Waals surface area contributed by atoms with Gasteiger partial charge in [0.2, 0.25) is 0 Å². The number of allylic oxidation sites excluding steroid dienone is 2. The van der Waals surface area contributed by atoms with Crippen LogP contribution in [0.25, 0.3) is 22.4 Å². The van der Waals surface area contributed by atoms with Crippen LogP contribution in [-0.2, 0) is 13.0 Å². The number of aryl methyl sites for hydroxylation is 1. The number of imidazole rings is 1. The fraction of sp³-hybridized carbons (Fsp3) is 0.129. The monoisotopic (exact) mass is 489 g/mol. The van der Waals surface area contributed by atoms with Gasteiger partial charge in [0.05, 0.1) is 16.9 Å². The fourth-order valence-electron chi connectivity index (χ4n) is 4.77. The predicted molar refractivity (Wildman–Crippen MR) is 151 cm³/mol. The van der Waals surface area contributed by atoms with Gasteiger partial charge in [0.25, 0.3) is 0 Å². The topological polar surface area (TPSA) is 45.1 Å². The van der Waals surface area contributed by atoms with E-state index in [0.29, 0.717) is 17.6 Å². The normalized spacial score (nSPS) is 12.6. The average Bonchev–Trinajstić information content (AvgIpc) is 3.49. The molecular formula is C31H28FN5. The van der Waals surface area contributed by atoms with Gasteiger partial charge in [-0.15, -0.1) is 6.42 Å². The van der Waals surface area contributed by atoms with Crippen LogP contribution in [0.4, 0.5) is 15.8 Å². The maximum absolute atomic E-state index is 15.3. The molecule has 4 aromatic rings. The van der Waals surface area contributed by atoms with E-state index in [0.717, 1.165) is 46.1 Å². The second kappa shape index (κ2) is 9.71. The summed E-state index contributed by atoms with van der Waals surface area (Å²) in [5.74, 6) is 3.05. The molecule has 1 aromatic heterocycles. The zero-order chi connectivity index (χ0) is 26.1. The maximum Gasteiger partial charge on any atom is 0.151 e. The minimum absolute atomic E-state index is 0.318. The third-order valence-electron chi connectivity index (χ3n) is 6.60. The van der Waals surface area contributed by atoms with Crippen molar-refractivity contribution in [3.8, 4) is 18.0 Å². The lowest BCUT2D eigenvalue weighted by Gasteiger charge is -2.24. The lowest BCUT2D eigenvalue weighted by Crippen LogP contribution is -2.17. The van der Waals surface area contributed by atoms with Crippen molar-refractivity contribution in [1.82, 2.24) is 14.5 Å². The van der Waals surface area contributed by atoms with Crippen molar-refractivity contribution >= 4 is 28.1 Å². The summed E-state index contributed by atoms with van der Waals surface area (Å²) in [5.41, 5.74) is 8.55. The molecule has 6 heteroatoms. The Morgan fingerprint density at radius 3 is 2.70 bits per heavy atom. The number of hydrogen-bond acceptors (Lipinski definition) is 4. The maximum atomic E-state index is 15.3. The molecule has 0 amide bonds. The average molecular weight is 490 g/mol. The molecule has 3 aromatic carbocycles. The Balaban J connectivity index is 1.54. The van der Waals surface area contributed by atoms with E-state index in [4.69, 9.17) is 6.42 Å². The van der Waals surface area contributed by atoms with Gasteiger partial charge in [-0.05, 0) is 66.1 Å². The molecule has 2 heterocycles. The molecular weight excluding hydrogens is 461 g/mol. The summed E-state index contributed by atoms with van der Waals surface area (Å²) in [6, 6.07) is 15.5. The first-order chi connectivity index (χ1) is 17.9. The van der Waals surface area contributed by atoms with E-state index in [1.165, 1.54) is 17.2 Å². The van der Waals surface area contributed by atoms with Crippen molar-refractivity contribution in [3.05, 3.63) is 114 Å². The minimum atomic E-state index is -0.378. The van der Waals surface area contributed by atoms with Crippen LogP contribution >= 0.6 is 0 Å². The molecule has 0 bridgehead atoms. The highest BCUT2D eigenvalue weighted by atomic mass is 19.1.